The quantitative estimate of drug-likeness (QED) is 0.824. The molecule has 1 aromatic rings. The molecule has 1 aliphatic rings. The summed E-state index contributed by atoms with van der Waals surface area (Å²) in [5, 5.41) is 11.9. The Hall–Kier alpha value is -1.46. The van der Waals surface area contributed by atoms with Gasteiger partial charge < -0.3 is 10.1 Å². The normalized spacial score (nSPS) is 22.6. The summed E-state index contributed by atoms with van der Waals surface area (Å²) in [6.07, 6.45) is -0.177. The lowest BCUT2D eigenvalue weighted by atomic mass is 10.2. The Labute approximate surface area is 118 Å². The summed E-state index contributed by atoms with van der Waals surface area (Å²) in [6.45, 7) is 2.83. The molecular formula is C13H17N3O3S. The highest BCUT2D eigenvalue weighted by atomic mass is 32.2. The lowest BCUT2D eigenvalue weighted by molar-refractivity contribution is 0.103. The van der Waals surface area contributed by atoms with E-state index in [-0.39, 0.29) is 17.0 Å². The maximum atomic E-state index is 12.4. The molecule has 0 aliphatic carbocycles. The molecule has 7 heteroatoms. The van der Waals surface area contributed by atoms with Gasteiger partial charge in [-0.1, -0.05) is 0 Å². The van der Waals surface area contributed by atoms with E-state index in [0.717, 1.165) is 0 Å². The first-order chi connectivity index (χ1) is 9.47. The molecule has 1 saturated heterocycles. The summed E-state index contributed by atoms with van der Waals surface area (Å²) < 4.78 is 32.7. The number of nitriles is 1. The molecule has 1 unspecified atom stereocenters. The van der Waals surface area contributed by atoms with Crippen molar-refractivity contribution >= 4 is 10.0 Å². The van der Waals surface area contributed by atoms with Crippen LogP contribution in [0.3, 0.4) is 0 Å². The Morgan fingerprint density at radius 1 is 1.45 bits per heavy atom. The van der Waals surface area contributed by atoms with Crippen molar-refractivity contribution in [2.75, 3.05) is 20.2 Å². The third-order valence-corrected chi connectivity index (χ3v) is 5.01. The molecule has 6 nitrogen and oxygen atoms in total. The first kappa shape index (κ1) is 14.9. The first-order valence-corrected chi connectivity index (χ1v) is 7.73. The SMILES string of the molecule is CO[C@H]1CNCC1NS(=O)(=O)c1ccc(C#N)cc1C. The van der Waals surface area contributed by atoms with Crippen LogP contribution >= 0.6 is 0 Å². The highest BCUT2D eigenvalue weighted by Gasteiger charge is 2.31. The lowest BCUT2D eigenvalue weighted by Crippen LogP contribution is -2.43. The van der Waals surface area contributed by atoms with Gasteiger partial charge in [0.25, 0.3) is 0 Å². The van der Waals surface area contributed by atoms with Gasteiger partial charge >= 0.3 is 0 Å². The van der Waals surface area contributed by atoms with Gasteiger partial charge in [0, 0.05) is 20.2 Å². The number of hydrogen-bond acceptors (Lipinski definition) is 5. The summed E-state index contributed by atoms with van der Waals surface area (Å²) in [6, 6.07) is 6.22. The smallest absolute Gasteiger partial charge is 0.241 e. The van der Waals surface area contributed by atoms with E-state index in [1.807, 2.05) is 6.07 Å². The average Bonchev–Trinajstić information content (AvgIpc) is 2.84. The van der Waals surface area contributed by atoms with Gasteiger partial charge in [-0.05, 0) is 30.7 Å². The van der Waals surface area contributed by atoms with Crippen molar-refractivity contribution in [2.24, 2.45) is 0 Å². The Bertz CT molecular complexity index is 637. The summed E-state index contributed by atoms with van der Waals surface area (Å²) >= 11 is 0. The van der Waals surface area contributed by atoms with Crippen LogP contribution in [0, 0.1) is 18.3 Å². The zero-order valence-corrected chi connectivity index (χ0v) is 12.2. The predicted molar refractivity (Wildman–Crippen MR) is 73.7 cm³/mol. The summed E-state index contributed by atoms with van der Waals surface area (Å²) in [7, 11) is -2.06. The summed E-state index contributed by atoms with van der Waals surface area (Å²) in [4.78, 5) is 0.193. The molecular weight excluding hydrogens is 278 g/mol. The number of aryl methyl sites for hydroxylation is 1. The van der Waals surface area contributed by atoms with Crippen LogP contribution in [0.1, 0.15) is 11.1 Å². The minimum absolute atomic E-state index is 0.177. The number of nitrogens with zero attached hydrogens (tertiary/aromatic N) is 1. The fraction of sp³-hybridized carbons (Fsp3) is 0.462. The van der Waals surface area contributed by atoms with Crippen LogP contribution in [0.5, 0.6) is 0 Å². The molecule has 1 heterocycles. The van der Waals surface area contributed by atoms with Crippen LogP contribution in [-0.4, -0.2) is 40.8 Å². The van der Waals surface area contributed by atoms with E-state index in [1.54, 1.807) is 20.1 Å². The highest BCUT2D eigenvalue weighted by Crippen LogP contribution is 2.18. The van der Waals surface area contributed by atoms with Crippen LogP contribution in [0.15, 0.2) is 23.1 Å². The van der Waals surface area contributed by atoms with E-state index in [2.05, 4.69) is 10.0 Å². The topological polar surface area (TPSA) is 91.2 Å². The van der Waals surface area contributed by atoms with Gasteiger partial charge in [0.15, 0.2) is 0 Å². The van der Waals surface area contributed by atoms with E-state index < -0.39 is 10.0 Å². The van der Waals surface area contributed by atoms with Crippen LogP contribution in [0.2, 0.25) is 0 Å². The third-order valence-electron chi connectivity index (χ3n) is 3.36. The monoisotopic (exact) mass is 295 g/mol. The molecule has 0 amide bonds. The number of methoxy groups -OCH3 is 1. The molecule has 0 bridgehead atoms. The standard InChI is InChI=1S/C13H17N3O3S/c1-9-5-10(6-14)3-4-13(9)20(17,18)16-11-7-15-8-12(11)19-2/h3-5,11-12,15-16H,7-8H2,1-2H3/t11?,12-/m0/s1. The zero-order chi connectivity index (χ0) is 14.8. The van der Waals surface area contributed by atoms with E-state index in [9.17, 15) is 8.42 Å². The van der Waals surface area contributed by atoms with Crippen molar-refractivity contribution in [3.63, 3.8) is 0 Å². The average molecular weight is 295 g/mol. The molecule has 1 aliphatic heterocycles. The van der Waals surface area contributed by atoms with Crippen molar-refractivity contribution in [1.82, 2.24) is 10.0 Å². The molecule has 108 valence electrons. The van der Waals surface area contributed by atoms with Gasteiger partial charge in [-0.15, -0.1) is 0 Å². The maximum Gasteiger partial charge on any atom is 0.241 e. The van der Waals surface area contributed by atoms with Gasteiger partial charge in [-0.2, -0.15) is 5.26 Å². The zero-order valence-electron chi connectivity index (χ0n) is 11.4. The van der Waals surface area contributed by atoms with Gasteiger partial charge in [-0.25, -0.2) is 13.1 Å². The van der Waals surface area contributed by atoms with Crippen LogP contribution < -0.4 is 10.0 Å². The van der Waals surface area contributed by atoms with Crippen LogP contribution in [0.4, 0.5) is 0 Å². The third kappa shape index (κ3) is 2.99. The number of ether oxygens (including phenoxy) is 1. The van der Waals surface area contributed by atoms with Crippen molar-refractivity contribution in [2.45, 2.75) is 24.0 Å². The van der Waals surface area contributed by atoms with E-state index >= 15 is 0 Å². The molecule has 20 heavy (non-hydrogen) atoms. The Morgan fingerprint density at radius 2 is 2.20 bits per heavy atom. The van der Waals surface area contributed by atoms with Crippen molar-refractivity contribution in [1.29, 1.82) is 5.26 Å². The second-order valence-corrected chi connectivity index (χ2v) is 6.43. The molecule has 0 radical (unpaired) electrons. The molecule has 2 atom stereocenters. The minimum Gasteiger partial charge on any atom is -0.378 e. The second kappa shape index (κ2) is 5.89. The van der Waals surface area contributed by atoms with Gasteiger partial charge in [0.05, 0.1) is 28.7 Å². The fourth-order valence-corrected chi connectivity index (χ4v) is 3.79. The lowest BCUT2D eigenvalue weighted by Gasteiger charge is -2.19. The van der Waals surface area contributed by atoms with Gasteiger partial charge in [0.2, 0.25) is 10.0 Å². The molecule has 0 spiro atoms. The van der Waals surface area contributed by atoms with E-state index in [1.165, 1.54) is 12.1 Å². The summed E-state index contributed by atoms with van der Waals surface area (Å²) in [5.74, 6) is 0. The van der Waals surface area contributed by atoms with Crippen LogP contribution in [0.25, 0.3) is 0 Å². The van der Waals surface area contributed by atoms with E-state index in [4.69, 9.17) is 10.00 Å². The Morgan fingerprint density at radius 3 is 2.80 bits per heavy atom. The van der Waals surface area contributed by atoms with Crippen LogP contribution in [-0.2, 0) is 14.8 Å². The summed E-state index contributed by atoms with van der Waals surface area (Å²) in [5.41, 5.74) is 0.996. The van der Waals surface area contributed by atoms with E-state index in [0.29, 0.717) is 24.2 Å². The van der Waals surface area contributed by atoms with Crippen molar-refractivity contribution < 1.29 is 13.2 Å². The Balaban J connectivity index is 2.25. The number of rotatable bonds is 4. The number of benzene rings is 1. The Kier molecular flexibility index (Phi) is 4.40. The largest absolute Gasteiger partial charge is 0.378 e. The molecule has 2 N–H and O–H groups in total. The number of sulfonamides is 1. The maximum absolute atomic E-state index is 12.4. The molecule has 0 aromatic heterocycles. The highest BCUT2D eigenvalue weighted by molar-refractivity contribution is 7.89. The molecule has 1 aromatic carbocycles. The number of nitrogens with one attached hydrogen (secondary N) is 2. The first-order valence-electron chi connectivity index (χ1n) is 6.24. The molecule has 2 rings (SSSR count). The number of hydrogen-bond donors (Lipinski definition) is 2. The fourth-order valence-electron chi connectivity index (χ4n) is 2.30. The van der Waals surface area contributed by atoms with Gasteiger partial charge in [-0.3, -0.25) is 0 Å². The van der Waals surface area contributed by atoms with Gasteiger partial charge in [0.1, 0.15) is 0 Å². The molecule has 1 fully saturated rings. The minimum atomic E-state index is -3.62. The van der Waals surface area contributed by atoms with Crippen molar-refractivity contribution in [3.8, 4) is 6.07 Å². The second-order valence-electron chi connectivity index (χ2n) is 4.75. The van der Waals surface area contributed by atoms with Crippen molar-refractivity contribution in [3.05, 3.63) is 29.3 Å². The predicted octanol–water partition coefficient (Wildman–Crippen LogP) is 0.132. The molecule has 0 saturated carbocycles.